The summed E-state index contributed by atoms with van der Waals surface area (Å²) in [6.45, 7) is 0.128. The Kier molecular flexibility index (Phi) is 4.24. The van der Waals surface area contributed by atoms with Gasteiger partial charge in [0.2, 0.25) is 0 Å². The molecular formula is C16H14N2O6. The fourth-order valence-corrected chi connectivity index (χ4v) is 2.82. The van der Waals surface area contributed by atoms with Crippen LogP contribution in [0.2, 0.25) is 0 Å². The van der Waals surface area contributed by atoms with Crippen molar-refractivity contribution in [1.29, 1.82) is 0 Å². The summed E-state index contributed by atoms with van der Waals surface area (Å²) >= 11 is 0. The van der Waals surface area contributed by atoms with Crippen molar-refractivity contribution in [2.75, 3.05) is 26.4 Å². The van der Waals surface area contributed by atoms with Gasteiger partial charge in [0.1, 0.15) is 0 Å². The number of hydrogen-bond acceptors (Lipinski definition) is 6. The highest BCUT2D eigenvalue weighted by Crippen LogP contribution is 2.35. The zero-order valence-electron chi connectivity index (χ0n) is 12.6. The van der Waals surface area contributed by atoms with Gasteiger partial charge in [-0.3, -0.25) is 24.6 Å². The van der Waals surface area contributed by atoms with Crippen LogP contribution in [0.25, 0.3) is 10.8 Å². The summed E-state index contributed by atoms with van der Waals surface area (Å²) in [6.07, 6.45) is 0. The number of aliphatic hydroxyl groups is 1. The highest BCUT2D eigenvalue weighted by molar-refractivity contribution is 6.26. The lowest BCUT2D eigenvalue weighted by atomic mass is 9.93. The van der Waals surface area contributed by atoms with Crippen molar-refractivity contribution in [1.82, 2.24) is 4.90 Å². The number of nitro groups is 1. The molecule has 0 bridgehead atoms. The molecule has 24 heavy (non-hydrogen) atoms. The minimum atomic E-state index is -0.535. The van der Waals surface area contributed by atoms with E-state index < -0.39 is 16.7 Å². The van der Waals surface area contributed by atoms with E-state index in [0.717, 1.165) is 4.90 Å². The van der Waals surface area contributed by atoms with Gasteiger partial charge in [0.05, 0.1) is 36.7 Å². The van der Waals surface area contributed by atoms with Gasteiger partial charge in [-0.25, -0.2) is 0 Å². The van der Waals surface area contributed by atoms with Crippen LogP contribution < -0.4 is 0 Å². The van der Waals surface area contributed by atoms with E-state index in [1.54, 1.807) is 12.1 Å². The molecule has 8 heteroatoms. The summed E-state index contributed by atoms with van der Waals surface area (Å²) in [5, 5.41) is 20.4. The minimum absolute atomic E-state index is 0.0461. The smallest absolute Gasteiger partial charge is 0.277 e. The van der Waals surface area contributed by atoms with Gasteiger partial charge in [-0.2, -0.15) is 0 Å². The first-order valence-electron chi connectivity index (χ1n) is 7.31. The number of aliphatic hydroxyl groups excluding tert-OH is 1. The Labute approximate surface area is 136 Å². The molecule has 8 nitrogen and oxygen atoms in total. The standard InChI is InChI=1S/C16H14N2O6/c19-7-9-24-8-6-17-15(20)11-3-1-2-10-13(18(22)23)5-4-12(14(10)11)16(17)21/h1-5,19H,6-9H2. The van der Waals surface area contributed by atoms with Crippen molar-refractivity contribution in [2.45, 2.75) is 0 Å². The van der Waals surface area contributed by atoms with Gasteiger partial charge < -0.3 is 9.84 Å². The molecule has 0 saturated carbocycles. The molecule has 3 rings (SSSR count). The normalized spacial score (nSPS) is 13.6. The first kappa shape index (κ1) is 16.0. The number of amides is 2. The van der Waals surface area contributed by atoms with Crippen LogP contribution in [-0.4, -0.2) is 53.1 Å². The van der Waals surface area contributed by atoms with Gasteiger partial charge in [0.25, 0.3) is 17.5 Å². The first-order chi connectivity index (χ1) is 11.6. The van der Waals surface area contributed by atoms with Crippen molar-refractivity contribution in [3.8, 4) is 0 Å². The molecule has 0 aromatic heterocycles. The van der Waals surface area contributed by atoms with E-state index in [4.69, 9.17) is 9.84 Å². The van der Waals surface area contributed by atoms with Crippen molar-refractivity contribution < 1.29 is 24.4 Å². The van der Waals surface area contributed by atoms with E-state index in [0.29, 0.717) is 5.39 Å². The Morgan fingerprint density at radius 3 is 2.46 bits per heavy atom. The lowest BCUT2D eigenvalue weighted by Gasteiger charge is -2.26. The number of imide groups is 1. The van der Waals surface area contributed by atoms with Gasteiger partial charge in [-0.15, -0.1) is 0 Å². The predicted molar refractivity (Wildman–Crippen MR) is 83.9 cm³/mol. The number of carbonyl (C=O) groups is 2. The third kappa shape index (κ3) is 2.51. The summed E-state index contributed by atoms with van der Waals surface area (Å²) in [5.41, 5.74) is 0.372. The van der Waals surface area contributed by atoms with E-state index in [1.807, 2.05) is 0 Å². The van der Waals surface area contributed by atoms with E-state index in [1.165, 1.54) is 18.2 Å². The molecule has 1 heterocycles. The van der Waals surface area contributed by atoms with Crippen LogP contribution in [0.4, 0.5) is 5.69 Å². The number of hydrogen-bond donors (Lipinski definition) is 1. The van der Waals surface area contributed by atoms with E-state index in [9.17, 15) is 19.7 Å². The van der Waals surface area contributed by atoms with Gasteiger partial charge in [-0.05, 0) is 18.2 Å². The zero-order valence-corrected chi connectivity index (χ0v) is 12.6. The number of non-ortho nitro benzene ring substituents is 1. The zero-order chi connectivity index (χ0) is 17.3. The van der Waals surface area contributed by atoms with Crippen LogP contribution in [0.15, 0.2) is 30.3 Å². The van der Waals surface area contributed by atoms with Gasteiger partial charge in [-0.1, -0.05) is 6.07 Å². The molecule has 1 aliphatic rings. The fourth-order valence-electron chi connectivity index (χ4n) is 2.82. The molecule has 0 radical (unpaired) electrons. The minimum Gasteiger partial charge on any atom is -0.394 e. The molecule has 1 N–H and O–H groups in total. The molecular weight excluding hydrogens is 316 g/mol. The molecule has 0 atom stereocenters. The van der Waals surface area contributed by atoms with Crippen LogP contribution in [0, 0.1) is 10.1 Å². The van der Waals surface area contributed by atoms with Gasteiger partial charge in [0.15, 0.2) is 0 Å². The maximum absolute atomic E-state index is 12.6. The summed E-state index contributed by atoms with van der Waals surface area (Å²) in [6, 6.07) is 7.28. The van der Waals surface area contributed by atoms with Crippen molar-refractivity contribution >= 4 is 28.3 Å². The fraction of sp³-hybridized carbons (Fsp3) is 0.250. The van der Waals surface area contributed by atoms with Crippen LogP contribution in [0.5, 0.6) is 0 Å². The number of carbonyl (C=O) groups excluding carboxylic acids is 2. The van der Waals surface area contributed by atoms with Crippen LogP contribution in [0.3, 0.4) is 0 Å². The quantitative estimate of drug-likeness (QED) is 0.370. The number of rotatable bonds is 6. The second kappa shape index (κ2) is 6.34. The summed E-state index contributed by atoms with van der Waals surface area (Å²) in [7, 11) is 0. The molecule has 1 aliphatic heterocycles. The topological polar surface area (TPSA) is 110 Å². The highest BCUT2D eigenvalue weighted by Gasteiger charge is 2.34. The summed E-state index contributed by atoms with van der Waals surface area (Å²) in [4.78, 5) is 36.9. The monoisotopic (exact) mass is 330 g/mol. The third-order valence-corrected chi connectivity index (χ3v) is 3.86. The predicted octanol–water partition coefficient (Wildman–Crippen LogP) is 1.35. The average molecular weight is 330 g/mol. The Hall–Kier alpha value is -2.84. The maximum atomic E-state index is 12.6. The molecule has 2 aromatic rings. The van der Waals surface area contributed by atoms with Crippen LogP contribution in [0.1, 0.15) is 20.7 Å². The number of benzene rings is 2. The second-order valence-corrected chi connectivity index (χ2v) is 5.22. The molecule has 2 aromatic carbocycles. The van der Waals surface area contributed by atoms with Crippen LogP contribution in [-0.2, 0) is 4.74 Å². The molecule has 0 saturated heterocycles. The van der Waals surface area contributed by atoms with Crippen LogP contribution >= 0.6 is 0 Å². The Bertz CT molecular complexity index is 826. The highest BCUT2D eigenvalue weighted by atomic mass is 16.6. The Morgan fingerprint density at radius 2 is 1.79 bits per heavy atom. The van der Waals surface area contributed by atoms with Crippen molar-refractivity contribution in [2.24, 2.45) is 0 Å². The largest absolute Gasteiger partial charge is 0.394 e. The first-order valence-corrected chi connectivity index (χ1v) is 7.31. The number of nitrogens with zero attached hydrogens (tertiary/aromatic N) is 2. The van der Waals surface area contributed by atoms with Gasteiger partial charge in [0, 0.05) is 22.6 Å². The van der Waals surface area contributed by atoms with E-state index in [2.05, 4.69) is 0 Å². The number of nitro benzene ring substituents is 1. The Balaban J connectivity index is 2.05. The van der Waals surface area contributed by atoms with E-state index >= 15 is 0 Å². The summed E-state index contributed by atoms with van der Waals surface area (Å²) in [5.74, 6) is -1.02. The average Bonchev–Trinajstić information content (AvgIpc) is 2.58. The molecule has 0 spiro atoms. The molecule has 2 amide bonds. The molecule has 0 aliphatic carbocycles. The van der Waals surface area contributed by atoms with E-state index in [-0.39, 0.29) is 48.6 Å². The SMILES string of the molecule is O=C1c2cccc3c([N+](=O)[O-])ccc(c23)C(=O)N1CCOCCO. The second-order valence-electron chi connectivity index (χ2n) is 5.22. The lowest BCUT2D eigenvalue weighted by molar-refractivity contribution is -0.383. The molecule has 124 valence electrons. The van der Waals surface area contributed by atoms with Gasteiger partial charge >= 0.3 is 0 Å². The maximum Gasteiger partial charge on any atom is 0.277 e. The van der Waals surface area contributed by atoms with Crippen molar-refractivity contribution in [3.63, 3.8) is 0 Å². The molecule has 0 unspecified atom stereocenters. The lowest BCUT2D eigenvalue weighted by Crippen LogP contribution is -2.42. The van der Waals surface area contributed by atoms with Crippen molar-refractivity contribution in [3.05, 3.63) is 51.6 Å². The molecule has 0 fully saturated rings. The third-order valence-electron chi connectivity index (χ3n) is 3.86. The Morgan fingerprint density at radius 1 is 1.08 bits per heavy atom. The number of ether oxygens (including phenoxy) is 1. The summed E-state index contributed by atoms with van der Waals surface area (Å²) < 4.78 is 5.11.